The largest absolute Gasteiger partial charge is 0.297 e. The van der Waals surface area contributed by atoms with Crippen LogP contribution in [0.5, 0.6) is 0 Å². The second kappa shape index (κ2) is 10.1. The monoisotopic (exact) mass is 599 g/mol. The summed E-state index contributed by atoms with van der Waals surface area (Å²) in [4.78, 5) is 47.3. The number of fused-ring (bicyclic) bond motifs is 5. The molecule has 0 aromatic heterocycles. The van der Waals surface area contributed by atoms with Crippen molar-refractivity contribution < 1.29 is 14.4 Å². The van der Waals surface area contributed by atoms with Crippen LogP contribution in [0.1, 0.15) is 38.9 Å². The average molecular weight is 600 g/mol. The number of carbonyl (C=O) groups is 3. The smallest absolute Gasteiger partial charge is 0.239 e. The van der Waals surface area contributed by atoms with Gasteiger partial charge in [-0.2, -0.15) is 0 Å². The first-order chi connectivity index (χ1) is 22.3. The lowest BCUT2D eigenvalue weighted by molar-refractivity contribution is -0.130. The molecule has 2 bridgehead atoms. The average Bonchev–Trinajstić information content (AvgIpc) is 3.59. The van der Waals surface area contributed by atoms with E-state index in [4.69, 9.17) is 0 Å². The van der Waals surface area contributed by atoms with Gasteiger partial charge in [-0.25, -0.2) is 4.90 Å². The van der Waals surface area contributed by atoms with Crippen molar-refractivity contribution in [2.75, 3.05) is 4.90 Å². The third kappa shape index (κ3) is 3.53. The van der Waals surface area contributed by atoms with Crippen LogP contribution in [0.2, 0.25) is 0 Å². The topological polar surface area (TPSA) is 54.5 Å². The van der Waals surface area contributed by atoms with Crippen molar-refractivity contribution in [3.63, 3.8) is 0 Å². The van der Waals surface area contributed by atoms with Crippen LogP contribution in [0.15, 0.2) is 133 Å². The van der Waals surface area contributed by atoms with Crippen molar-refractivity contribution in [1.82, 2.24) is 0 Å². The molecule has 0 spiro atoms. The first kappa shape index (κ1) is 28.1. The molecule has 2 aliphatic carbocycles. The maximum atomic E-state index is 15.9. The van der Waals surface area contributed by atoms with Gasteiger partial charge in [0, 0.05) is 0 Å². The minimum absolute atomic E-state index is 0.108. The predicted octanol–water partition coefficient (Wildman–Crippen LogP) is 7.80. The van der Waals surface area contributed by atoms with Crippen molar-refractivity contribution in [3.05, 3.63) is 172 Å². The highest BCUT2D eigenvalue weighted by Crippen LogP contribution is 2.74. The lowest BCUT2D eigenvalue weighted by Crippen LogP contribution is -2.45. The minimum atomic E-state index is -1.40. The predicted molar refractivity (Wildman–Crippen MR) is 181 cm³/mol. The second-order valence-electron chi connectivity index (χ2n) is 13.0. The Morgan fingerprint density at radius 1 is 0.457 bits per heavy atom. The first-order valence-electron chi connectivity index (χ1n) is 15.8. The molecular weight excluding hydrogens is 566 g/mol. The van der Waals surface area contributed by atoms with Crippen molar-refractivity contribution in [2.45, 2.75) is 31.6 Å². The molecule has 4 nitrogen and oxygen atoms in total. The number of allylic oxidation sites excluding steroid dienone is 2. The summed E-state index contributed by atoms with van der Waals surface area (Å²) in [7, 11) is 0. The molecule has 3 aliphatic rings. The number of hydrogen-bond acceptors (Lipinski definition) is 3. The fourth-order valence-electron chi connectivity index (χ4n) is 8.51. The molecule has 1 aliphatic heterocycles. The van der Waals surface area contributed by atoms with E-state index < -0.39 is 22.7 Å². The minimum Gasteiger partial charge on any atom is -0.297 e. The second-order valence-corrected chi connectivity index (χ2v) is 13.0. The van der Waals surface area contributed by atoms with Crippen LogP contribution in [0.4, 0.5) is 5.69 Å². The van der Waals surface area contributed by atoms with Gasteiger partial charge in [-0.1, -0.05) is 138 Å². The van der Waals surface area contributed by atoms with Gasteiger partial charge < -0.3 is 0 Å². The number of amides is 2. The van der Waals surface area contributed by atoms with E-state index in [2.05, 4.69) is 48.5 Å². The first-order valence-corrected chi connectivity index (χ1v) is 15.8. The van der Waals surface area contributed by atoms with E-state index in [1.54, 1.807) is 0 Å². The highest BCUT2D eigenvalue weighted by atomic mass is 16.2. The molecule has 4 heteroatoms. The molecule has 8 rings (SSSR count). The van der Waals surface area contributed by atoms with E-state index >= 15 is 14.4 Å². The standard InChI is InChI=1S/C42H33NO3/c1-26-14-20-29(21-15-26)34-35(30-22-16-27(2)17-23-30)42(32-12-8-5-9-13-32)37-36(41(34,40(42)46)31-10-6-4-7-11-31)38(44)43(39(37)45)33-24-18-28(3)19-25-33/h4-25,36-37H,1-3H3/t36-,37+,41-,42-/m1/s1. The summed E-state index contributed by atoms with van der Waals surface area (Å²) in [5.74, 6) is -2.63. The van der Waals surface area contributed by atoms with Gasteiger partial charge in [0.25, 0.3) is 0 Å². The van der Waals surface area contributed by atoms with Gasteiger partial charge in [0.05, 0.1) is 28.4 Å². The van der Waals surface area contributed by atoms with Crippen LogP contribution in [-0.4, -0.2) is 17.6 Å². The van der Waals surface area contributed by atoms with E-state index in [0.717, 1.165) is 50.1 Å². The number of imide groups is 1. The zero-order valence-electron chi connectivity index (χ0n) is 26.0. The molecule has 0 radical (unpaired) electrons. The van der Waals surface area contributed by atoms with Gasteiger partial charge in [0.1, 0.15) is 0 Å². The number of ketones is 1. The number of Topliss-reactive ketones (excluding diaryl/α,β-unsaturated/α-hetero) is 1. The van der Waals surface area contributed by atoms with Gasteiger partial charge in [0.15, 0.2) is 5.78 Å². The van der Waals surface area contributed by atoms with Crippen molar-refractivity contribution in [2.24, 2.45) is 11.8 Å². The zero-order chi connectivity index (χ0) is 31.8. The van der Waals surface area contributed by atoms with Gasteiger partial charge in [-0.3, -0.25) is 14.4 Å². The van der Waals surface area contributed by atoms with Crippen molar-refractivity contribution in [3.8, 4) is 0 Å². The normalized spacial score (nSPS) is 25.0. The molecule has 46 heavy (non-hydrogen) atoms. The van der Waals surface area contributed by atoms with E-state index in [-0.39, 0.29) is 17.6 Å². The van der Waals surface area contributed by atoms with Gasteiger partial charge in [0.2, 0.25) is 11.8 Å². The number of rotatable bonds is 5. The van der Waals surface area contributed by atoms with E-state index in [1.807, 2.05) is 106 Å². The molecule has 2 fully saturated rings. The Labute approximate surface area is 269 Å². The molecular formula is C42H33NO3. The Morgan fingerprint density at radius 2 is 0.804 bits per heavy atom. The lowest BCUT2D eigenvalue weighted by Gasteiger charge is -2.39. The Bertz CT molecular complexity index is 1930. The molecule has 2 amide bonds. The third-order valence-electron chi connectivity index (χ3n) is 10.4. The molecule has 0 N–H and O–H groups in total. The van der Waals surface area contributed by atoms with Crippen LogP contribution < -0.4 is 4.90 Å². The van der Waals surface area contributed by atoms with Crippen LogP contribution in [0.25, 0.3) is 11.1 Å². The summed E-state index contributed by atoms with van der Waals surface area (Å²) in [5, 5.41) is 0. The van der Waals surface area contributed by atoms with Crippen molar-refractivity contribution >= 4 is 34.4 Å². The molecule has 1 saturated carbocycles. The fourth-order valence-corrected chi connectivity index (χ4v) is 8.51. The number of carbonyl (C=O) groups excluding carboxylic acids is 3. The Kier molecular flexibility index (Phi) is 6.17. The summed E-state index contributed by atoms with van der Waals surface area (Å²) in [6.45, 7) is 6.06. The number of benzene rings is 5. The Morgan fingerprint density at radius 3 is 1.17 bits per heavy atom. The summed E-state index contributed by atoms with van der Waals surface area (Å²) in [5.41, 5.74) is 5.80. The lowest BCUT2D eigenvalue weighted by atomic mass is 9.59. The molecule has 0 unspecified atom stereocenters. The maximum Gasteiger partial charge on any atom is 0.239 e. The molecule has 4 atom stereocenters. The van der Waals surface area contributed by atoms with Crippen LogP contribution >= 0.6 is 0 Å². The van der Waals surface area contributed by atoms with Crippen LogP contribution in [-0.2, 0) is 25.2 Å². The Hall–Kier alpha value is -5.35. The van der Waals surface area contributed by atoms with Crippen LogP contribution in [0.3, 0.4) is 0 Å². The van der Waals surface area contributed by atoms with Gasteiger partial charge in [-0.05, 0) is 66.3 Å². The van der Waals surface area contributed by atoms with E-state index in [1.165, 1.54) is 4.90 Å². The highest BCUT2D eigenvalue weighted by Gasteiger charge is 2.82. The summed E-state index contributed by atoms with van der Waals surface area (Å²) < 4.78 is 0. The number of anilines is 1. The Balaban J connectivity index is 1.55. The third-order valence-corrected chi connectivity index (χ3v) is 10.4. The molecule has 224 valence electrons. The fraction of sp³-hybridized carbons (Fsp3) is 0.167. The van der Waals surface area contributed by atoms with Gasteiger partial charge in [-0.15, -0.1) is 0 Å². The molecule has 5 aromatic carbocycles. The highest BCUT2D eigenvalue weighted by molar-refractivity contribution is 6.39. The number of nitrogens with zero attached hydrogens (tertiary/aromatic N) is 1. The zero-order valence-corrected chi connectivity index (χ0v) is 26.0. The van der Waals surface area contributed by atoms with Crippen LogP contribution in [0, 0.1) is 32.6 Å². The molecule has 5 aromatic rings. The summed E-state index contributed by atoms with van der Waals surface area (Å²) in [6.07, 6.45) is 0. The number of aryl methyl sites for hydroxylation is 3. The van der Waals surface area contributed by atoms with E-state index in [0.29, 0.717) is 5.69 Å². The maximum absolute atomic E-state index is 15.9. The van der Waals surface area contributed by atoms with Gasteiger partial charge >= 0.3 is 0 Å². The molecule has 1 heterocycles. The summed E-state index contributed by atoms with van der Waals surface area (Å²) >= 11 is 0. The van der Waals surface area contributed by atoms with Crippen molar-refractivity contribution in [1.29, 1.82) is 0 Å². The summed E-state index contributed by atoms with van der Waals surface area (Å²) in [6, 6.07) is 43.3. The molecule has 1 saturated heterocycles. The SMILES string of the molecule is Cc1ccc(C2=C(c3ccc(C)cc3)[C@@]3(c4ccccc4)C(=O)[C@@]2(c2ccccc2)[C@@H]2C(=O)N(c4ccc(C)cc4)C(=O)[C@@H]23)cc1. The van der Waals surface area contributed by atoms with E-state index in [9.17, 15) is 0 Å². The number of hydrogen-bond donors (Lipinski definition) is 0. The quantitative estimate of drug-likeness (QED) is 0.194.